The SMILES string of the molecule is Cc1cc(Cl)ccc1Oc1ccc(NC(=O)c2ccc3c(c2)OCO3)cn1. The minimum atomic E-state index is -0.266. The highest BCUT2D eigenvalue weighted by Crippen LogP contribution is 2.32. The van der Waals surface area contributed by atoms with E-state index in [1.54, 1.807) is 42.5 Å². The van der Waals surface area contributed by atoms with E-state index in [9.17, 15) is 4.79 Å². The summed E-state index contributed by atoms with van der Waals surface area (Å²) in [5.74, 6) is 2.01. The fourth-order valence-corrected chi connectivity index (χ4v) is 2.82. The van der Waals surface area contributed by atoms with Crippen molar-refractivity contribution < 1.29 is 19.0 Å². The Hall–Kier alpha value is -3.25. The normalized spacial score (nSPS) is 11.9. The van der Waals surface area contributed by atoms with Gasteiger partial charge in [-0.2, -0.15) is 0 Å². The predicted molar refractivity (Wildman–Crippen MR) is 101 cm³/mol. The summed E-state index contributed by atoms with van der Waals surface area (Å²) in [7, 11) is 0. The maximum Gasteiger partial charge on any atom is 0.255 e. The molecule has 1 N–H and O–H groups in total. The van der Waals surface area contributed by atoms with E-state index in [1.165, 1.54) is 6.20 Å². The van der Waals surface area contributed by atoms with E-state index in [0.29, 0.717) is 39.4 Å². The molecule has 0 saturated carbocycles. The van der Waals surface area contributed by atoms with Gasteiger partial charge in [0, 0.05) is 16.7 Å². The Morgan fingerprint density at radius 2 is 1.96 bits per heavy atom. The minimum absolute atomic E-state index is 0.166. The summed E-state index contributed by atoms with van der Waals surface area (Å²) < 4.78 is 16.3. The van der Waals surface area contributed by atoms with Crippen molar-refractivity contribution in [3.05, 3.63) is 70.9 Å². The van der Waals surface area contributed by atoms with Crippen LogP contribution in [0.4, 0.5) is 5.69 Å². The lowest BCUT2D eigenvalue weighted by molar-refractivity contribution is 0.102. The molecule has 4 rings (SSSR count). The van der Waals surface area contributed by atoms with Crippen molar-refractivity contribution in [1.82, 2.24) is 4.98 Å². The lowest BCUT2D eigenvalue weighted by Crippen LogP contribution is -2.11. The molecule has 0 saturated heterocycles. The summed E-state index contributed by atoms with van der Waals surface area (Å²) in [5, 5.41) is 3.44. The zero-order chi connectivity index (χ0) is 18.8. The van der Waals surface area contributed by atoms with Gasteiger partial charge in [0.2, 0.25) is 12.7 Å². The van der Waals surface area contributed by atoms with Crippen LogP contribution in [-0.2, 0) is 0 Å². The van der Waals surface area contributed by atoms with Gasteiger partial charge >= 0.3 is 0 Å². The predicted octanol–water partition coefficient (Wildman–Crippen LogP) is 4.82. The largest absolute Gasteiger partial charge is 0.454 e. The van der Waals surface area contributed by atoms with Crippen LogP contribution in [0.3, 0.4) is 0 Å². The Bertz CT molecular complexity index is 1010. The highest BCUT2D eigenvalue weighted by molar-refractivity contribution is 6.30. The molecule has 0 spiro atoms. The number of fused-ring (bicyclic) bond motifs is 1. The Kier molecular flexibility index (Phi) is 4.56. The second-order valence-corrected chi connectivity index (χ2v) is 6.36. The van der Waals surface area contributed by atoms with Crippen LogP contribution in [0.5, 0.6) is 23.1 Å². The van der Waals surface area contributed by atoms with E-state index in [1.807, 2.05) is 13.0 Å². The molecule has 0 radical (unpaired) electrons. The molecule has 0 unspecified atom stereocenters. The molecule has 1 aliphatic heterocycles. The standard InChI is InChI=1S/C20H15ClN2O4/c1-12-8-14(21)3-6-16(12)27-19-7-4-15(10-22-19)23-20(24)13-2-5-17-18(9-13)26-11-25-17/h2-10H,11H2,1H3,(H,23,24). The third kappa shape index (κ3) is 3.80. The Morgan fingerprint density at radius 3 is 2.74 bits per heavy atom. The molecule has 1 amide bonds. The Labute approximate surface area is 160 Å². The van der Waals surface area contributed by atoms with E-state index in [2.05, 4.69) is 10.3 Å². The van der Waals surface area contributed by atoms with E-state index in [4.69, 9.17) is 25.8 Å². The Balaban J connectivity index is 1.43. The first-order valence-corrected chi connectivity index (χ1v) is 8.57. The van der Waals surface area contributed by atoms with Gasteiger partial charge < -0.3 is 19.5 Å². The second kappa shape index (κ2) is 7.17. The third-order valence-electron chi connectivity index (χ3n) is 3.98. The lowest BCUT2D eigenvalue weighted by Gasteiger charge is -2.09. The summed E-state index contributed by atoms with van der Waals surface area (Å²) in [6.07, 6.45) is 1.53. The number of ether oxygens (including phenoxy) is 3. The highest BCUT2D eigenvalue weighted by atomic mass is 35.5. The topological polar surface area (TPSA) is 69.7 Å². The molecular formula is C20H15ClN2O4. The number of benzene rings is 2. The maximum atomic E-state index is 12.4. The summed E-state index contributed by atoms with van der Waals surface area (Å²) >= 11 is 5.94. The number of rotatable bonds is 4. The number of aromatic nitrogens is 1. The van der Waals surface area contributed by atoms with Crippen LogP contribution in [0.2, 0.25) is 5.02 Å². The first kappa shape index (κ1) is 17.2. The van der Waals surface area contributed by atoms with Crippen LogP contribution < -0.4 is 19.5 Å². The fourth-order valence-electron chi connectivity index (χ4n) is 2.60. The molecule has 7 heteroatoms. The first-order valence-electron chi connectivity index (χ1n) is 8.19. The van der Waals surface area contributed by atoms with Gasteiger partial charge in [-0.1, -0.05) is 11.6 Å². The van der Waals surface area contributed by atoms with Crippen LogP contribution in [0, 0.1) is 6.92 Å². The van der Waals surface area contributed by atoms with Crippen LogP contribution in [0.1, 0.15) is 15.9 Å². The number of pyridine rings is 1. The minimum Gasteiger partial charge on any atom is -0.454 e. The molecule has 0 bridgehead atoms. The van der Waals surface area contributed by atoms with Crippen molar-refractivity contribution in [3.8, 4) is 23.1 Å². The van der Waals surface area contributed by atoms with Gasteiger partial charge in [0.25, 0.3) is 5.91 Å². The number of nitrogens with zero attached hydrogens (tertiary/aromatic N) is 1. The van der Waals surface area contributed by atoms with Crippen molar-refractivity contribution in [3.63, 3.8) is 0 Å². The molecule has 0 atom stereocenters. The molecule has 2 heterocycles. The number of carbonyl (C=O) groups excluding carboxylic acids is 1. The number of aryl methyl sites for hydroxylation is 1. The van der Waals surface area contributed by atoms with Crippen LogP contribution in [-0.4, -0.2) is 17.7 Å². The zero-order valence-electron chi connectivity index (χ0n) is 14.4. The number of amides is 1. The molecule has 3 aromatic rings. The molecule has 1 aliphatic rings. The van der Waals surface area contributed by atoms with Gasteiger partial charge in [0.05, 0.1) is 11.9 Å². The van der Waals surface area contributed by atoms with E-state index < -0.39 is 0 Å². The van der Waals surface area contributed by atoms with Crippen molar-refractivity contribution in [1.29, 1.82) is 0 Å². The van der Waals surface area contributed by atoms with Crippen LogP contribution in [0.25, 0.3) is 0 Å². The van der Waals surface area contributed by atoms with Crippen molar-refractivity contribution >= 4 is 23.2 Å². The van der Waals surface area contributed by atoms with Gasteiger partial charge in [0.1, 0.15) is 5.75 Å². The van der Waals surface area contributed by atoms with Gasteiger partial charge in [0.15, 0.2) is 11.5 Å². The molecule has 6 nitrogen and oxygen atoms in total. The smallest absolute Gasteiger partial charge is 0.255 e. The summed E-state index contributed by atoms with van der Waals surface area (Å²) in [6.45, 7) is 2.07. The summed E-state index contributed by atoms with van der Waals surface area (Å²) in [4.78, 5) is 16.6. The molecule has 27 heavy (non-hydrogen) atoms. The zero-order valence-corrected chi connectivity index (χ0v) is 15.1. The summed E-state index contributed by atoms with van der Waals surface area (Å²) in [5.41, 5.74) is 1.93. The number of nitrogens with one attached hydrogen (secondary N) is 1. The van der Waals surface area contributed by atoms with Crippen LogP contribution in [0.15, 0.2) is 54.7 Å². The monoisotopic (exact) mass is 382 g/mol. The molecule has 136 valence electrons. The number of anilines is 1. The lowest BCUT2D eigenvalue weighted by atomic mass is 10.2. The third-order valence-corrected chi connectivity index (χ3v) is 4.22. The molecule has 0 fully saturated rings. The quantitative estimate of drug-likeness (QED) is 0.700. The fraction of sp³-hybridized carbons (Fsp3) is 0.100. The molecule has 1 aromatic heterocycles. The maximum absolute atomic E-state index is 12.4. The number of hydrogen-bond acceptors (Lipinski definition) is 5. The van der Waals surface area contributed by atoms with E-state index >= 15 is 0 Å². The van der Waals surface area contributed by atoms with Gasteiger partial charge in [-0.05, 0) is 55.0 Å². The van der Waals surface area contributed by atoms with E-state index in [-0.39, 0.29) is 12.7 Å². The van der Waals surface area contributed by atoms with Gasteiger partial charge in [-0.25, -0.2) is 4.98 Å². The van der Waals surface area contributed by atoms with Crippen molar-refractivity contribution in [2.45, 2.75) is 6.92 Å². The van der Waals surface area contributed by atoms with Crippen molar-refractivity contribution in [2.75, 3.05) is 12.1 Å². The summed E-state index contributed by atoms with van der Waals surface area (Å²) in [6, 6.07) is 13.8. The number of hydrogen-bond donors (Lipinski definition) is 1. The average molecular weight is 383 g/mol. The molecular weight excluding hydrogens is 368 g/mol. The average Bonchev–Trinajstić information content (AvgIpc) is 3.13. The van der Waals surface area contributed by atoms with Gasteiger partial charge in [-0.3, -0.25) is 4.79 Å². The van der Waals surface area contributed by atoms with Crippen LogP contribution >= 0.6 is 11.6 Å². The highest BCUT2D eigenvalue weighted by Gasteiger charge is 2.16. The molecule has 0 aliphatic carbocycles. The second-order valence-electron chi connectivity index (χ2n) is 5.92. The van der Waals surface area contributed by atoms with Gasteiger partial charge in [-0.15, -0.1) is 0 Å². The number of halogens is 1. The Morgan fingerprint density at radius 1 is 1.11 bits per heavy atom. The molecule has 2 aromatic carbocycles. The first-order chi connectivity index (χ1) is 13.1. The number of carbonyl (C=O) groups is 1. The van der Waals surface area contributed by atoms with E-state index in [0.717, 1.165) is 5.56 Å². The van der Waals surface area contributed by atoms with Crippen molar-refractivity contribution in [2.24, 2.45) is 0 Å².